The van der Waals surface area contributed by atoms with E-state index >= 15 is 0 Å². The molecule has 1 amide bonds. The molecule has 0 spiro atoms. The van der Waals surface area contributed by atoms with E-state index in [1.807, 2.05) is 19.1 Å². The monoisotopic (exact) mass is 265 g/mol. The van der Waals surface area contributed by atoms with Gasteiger partial charge in [0.1, 0.15) is 5.76 Å². The summed E-state index contributed by atoms with van der Waals surface area (Å²) in [5, 5.41) is 0. The van der Waals surface area contributed by atoms with Gasteiger partial charge in [-0.2, -0.15) is 0 Å². The average molecular weight is 265 g/mol. The Kier molecular flexibility index (Phi) is 5.45. The lowest BCUT2D eigenvalue weighted by atomic mass is 9.92. The molecular formula is C15H23NO3. The van der Waals surface area contributed by atoms with Crippen molar-refractivity contribution >= 4 is 5.91 Å². The molecule has 1 fully saturated rings. The Morgan fingerprint density at radius 3 is 3.00 bits per heavy atom. The summed E-state index contributed by atoms with van der Waals surface area (Å²) in [6.45, 7) is 2.52. The highest BCUT2D eigenvalue weighted by molar-refractivity contribution is 5.77. The highest BCUT2D eigenvalue weighted by Crippen LogP contribution is 2.31. The normalized spacial score (nSPS) is 17.5. The minimum absolute atomic E-state index is 0.0184. The number of amides is 1. The van der Waals surface area contributed by atoms with Gasteiger partial charge in [-0.05, 0) is 37.3 Å². The second-order valence-corrected chi connectivity index (χ2v) is 5.33. The Hall–Kier alpha value is -1.29. The Morgan fingerprint density at radius 2 is 2.32 bits per heavy atom. The van der Waals surface area contributed by atoms with Gasteiger partial charge in [0.25, 0.3) is 0 Å². The van der Waals surface area contributed by atoms with Crippen molar-refractivity contribution in [3.63, 3.8) is 0 Å². The first kappa shape index (κ1) is 14.1. The molecular weight excluding hydrogens is 242 g/mol. The maximum atomic E-state index is 11.9. The lowest BCUT2D eigenvalue weighted by molar-refractivity contribution is -0.139. The molecule has 2 rings (SSSR count). The molecule has 0 bridgehead atoms. The quantitative estimate of drug-likeness (QED) is 0.609. The van der Waals surface area contributed by atoms with Gasteiger partial charge in [-0.3, -0.25) is 9.63 Å². The molecule has 106 valence electrons. The van der Waals surface area contributed by atoms with Gasteiger partial charge in [0, 0.05) is 12.3 Å². The lowest BCUT2D eigenvalue weighted by Crippen LogP contribution is -2.33. The van der Waals surface area contributed by atoms with Gasteiger partial charge in [-0.1, -0.05) is 19.8 Å². The van der Waals surface area contributed by atoms with E-state index in [1.54, 1.807) is 6.26 Å². The predicted molar refractivity (Wildman–Crippen MR) is 72.2 cm³/mol. The summed E-state index contributed by atoms with van der Waals surface area (Å²) in [6, 6.07) is 3.82. The van der Waals surface area contributed by atoms with Gasteiger partial charge in [-0.15, -0.1) is 0 Å². The van der Waals surface area contributed by atoms with Crippen LogP contribution in [-0.2, 0) is 16.1 Å². The highest BCUT2D eigenvalue weighted by atomic mass is 16.6. The van der Waals surface area contributed by atoms with Crippen LogP contribution in [0.5, 0.6) is 0 Å². The average Bonchev–Trinajstić information content (AvgIpc) is 3.10. The first-order chi connectivity index (χ1) is 9.27. The van der Waals surface area contributed by atoms with Crippen molar-refractivity contribution in [1.29, 1.82) is 0 Å². The smallest absolute Gasteiger partial charge is 0.246 e. The molecule has 1 aromatic heterocycles. The fraction of sp³-hybridized carbons (Fsp3) is 0.667. The van der Waals surface area contributed by atoms with Crippen LogP contribution in [0.15, 0.2) is 22.8 Å². The standard InChI is InChI=1S/C15H23NO3/c1-12(13-6-2-3-7-13)15(17)16-19-11-5-9-14-8-4-10-18-14/h4,8,10,12-13H,2-3,5-7,9,11H2,1H3,(H,16,17). The lowest BCUT2D eigenvalue weighted by Gasteiger charge is -2.17. The van der Waals surface area contributed by atoms with E-state index in [0.717, 1.165) is 18.6 Å². The zero-order valence-electron chi connectivity index (χ0n) is 11.6. The van der Waals surface area contributed by atoms with E-state index < -0.39 is 0 Å². The van der Waals surface area contributed by atoms with Crippen LogP contribution in [0.1, 0.15) is 44.8 Å². The van der Waals surface area contributed by atoms with Crippen LogP contribution in [-0.4, -0.2) is 12.5 Å². The Morgan fingerprint density at radius 1 is 1.53 bits per heavy atom. The molecule has 0 aliphatic heterocycles. The summed E-state index contributed by atoms with van der Waals surface area (Å²) < 4.78 is 5.22. The van der Waals surface area contributed by atoms with Crippen LogP contribution < -0.4 is 5.48 Å². The van der Waals surface area contributed by atoms with Crippen LogP contribution >= 0.6 is 0 Å². The second-order valence-electron chi connectivity index (χ2n) is 5.33. The van der Waals surface area contributed by atoms with Crippen molar-refractivity contribution < 1.29 is 14.0 Å². The van der Waals surface area contributed by atoms with Gasteiger partial charge < -0.3 is 4.42 Å². The van der Waals surface area contributed by atoms with E-state index in [4.69, 9.17) is 9.25 Å². The Bertz CT molecular complexity index is 369. The van der Waals surface area contributed by atoms with Crippen molar-refractivity contribution in [1.82, 2.24) is 5.48 Å². The third-order valence-corrected chi connectivity index (χ3v) is 3.94. The van der Waals surface area contributed by atoms with Crippen molar-refractivity contribution in [2.24, 2.45) is 11.8 Å². The third-order valence-electron chi connectivity index (χ3n) is 3.94. The molecule has 19 heavy (non-hydrogen) atoms. The molecule has 0 aromatic carbocycles. The van der Waals surface area contributed by atoms with Crippen LogP contribution in [0.25, 0.3) is 0 Å². The van der Waals surface area contributed by atoms with Crippen LogP contribution in [0.4, 0.5) is 0 Å². The highest BCUT2D eigenvalue weighted by Gasteiger charge is 2.26. The summed E-state index contributed by atoms with van der Waals surface area (Å²) in [4.78, 5) is 17.1. The van der Waals surface area contributed by atoms with Crippen molar-refractivity contribution in [2.45, 2.75) is 45.4 Å². The minimum Gasteiger partial charge on any atom is -0.469 e. The molecule has 1 aliphatic rings. The number of carbonyl (C=O) groups is 1. The molecule has 1 aliphatic carbocycles. The van der Waals surface area contributed by atoms with Crippen molar-refractivity contribution in [3.8, 4) is 0 Å². The van der Waals surface area contributed by atoms with E-state index in [9.17, 15) is 4.79 Å². The first-order valence-electron chi connectivity index (χ1n) is 7.21. The summed E-state index contributed by atoms with van der Waals surface area (Å²) in [7, 11) is 0. The summed E-state index contributed by atoms with van der Waals surface area (Å²) in [6.07, 6.45) is 8.20. The number of aryl methyl sites for hydroxylation is 1. The topological polar surface area (TPSA) is 51.5 Å². The van der Waals surface area contributed by atoms with Gasteiger partial charge in [0.15, 0.2) is 0 Å². The zero-order valence-corrected chi connectivity index (χ0v) is 11.6. The van der Waals surface area contributed by atoms with Crippen LogP contribution in [0.3, 0.4) is 0 Å². The van der Waals surface area contributed by atoms with E-state index in [1.165, 1.54) is 25.7 Å². The molecule has 1 atom stereocenters. The molecule has 4 heteroatoms. The number of rotatable bonds is 7. The molecule has 4 nitrogen and oxygen atoms in total. The Balaban J connectivity index is 1.56. The molecule has 1 aromatic rings. The molecule has 1 heterocycles. The SMILES string of the molecule is CC(C(=O)NOCCCc1ccco1)C1CCCC1. The molecule has 1 unspecified atom stereocenters. The summed E-state index contributed by atoms with van der Waals surface area (Å²) in [5.74, 6) is 1.57. The number of furan rings is 1. The number of hydroxylamine groups is 1. The zero-order chi connectivity index (χ0) is 13.5. The van der Waals surface area contributed by atoms with Crippen molar-refractivity contribution in [2.75, 3.05) is 6.61 Å². The maximum absolute atomic E-state index is 11.9. The summed E-state index contributed by atoms with van der Waals surface area (Å²) in [5.41, 5.74) is 2.57. The summed E-state index contributed by atoms with van der Waals surface area (Å²) >= 11 is 0. The van der Waals surface area contributed by atoms with Gasteiger partial charge in [0.2, 0.25) is 5.91 Å². The number of carbonyl (C=O) groups excluding carboxylic acids is 1. The maximum Gasteiger partial charge on any atom is 0.246 e. The number of nitrogens with one attached hydrogen (secondary N) is 1. The van der Waals surface area contributed by atoms with Gasteiger partial charge in [-0.25, -0.2) is 5.48 Å². The van der Waals surface area contributed by atoms with E-state index in [0.29, 0.717) is 12.5 Å². The van der Waals surface area contributed by atoms with E-state index in [2.05, 4.69) is 5.48 Å². The first-order valence-corrected chi connectivity index (χ1v) is 7.21. The third kappa shape index (κ3) is 4.39. The second kappa shape index (κ2) is 7.34. The van der Waals surface area contributed by atoms with Crippen LogP contribution in [0, 0.1) is 11.8 Å². The molecule has 0 saturated heterocycles. The number of hydrogen-bond donors (Lipinski definition) is 1. The minimum atomic E-state index is 0.0184. The number of hydrogen-bond acceptors (Lipinski definition) is 3. The predicted octanol–water partition coefficient (Wildman–Crippen LogP) is 3.09. The molecule has 1 N–H and O–H groups in total. The van der Waals surface area contributed by atoms with Crippen LogP contribution in [0.2, 0.25) is 0 Å². The largest absolute Gasteiger partial charge is 0.469 e. The van der Waals surface area contributed by atoms with Gasteiger partial charge >= 0.3 is 0 Å². The van der Waals surface area contributed by atoms with Crippen molar-refractivity contribution in [3.05, 3.63) is 24.2 Å². The van der Waals surface area contributed by atoms with Gasteiger partial charge in [0.05, 0.1) is 12.9 Å². The Labute approximate surface area is 114 Å². The van der Waals surface area contributed by atoms with E-state index in [-0.39, 0.29) is 11.8 Å². The fourth-order valence-electron chi connectivity index (χ4n) is 2.66. The molecule has 0 radical (unpaired) electrons. The fourth-order valence-corrected chi connectivity index (χ4v) is 2.66. The molecule has 1 saturated carbocycles.